The van der Waals surface area contributed by atoms with E-state index in [1.54, 1.807) is 18.2 Å². The highest BCUT2D eigenvalue weighted by Crippen LogP contribution is 2.15. The van der Waals surface area contributed by atoms with Crippen molar-refractivity contribution < 1.29 is 4.79 Å². The fourth-order valence-electron chi connectivity index (χ4n) is 0.606. The highest BCUT2D eigenvalue weighted by atomic mass is 16.1. The number of aliphatic imine (C=N–C) groups is 1. The normalized spacial score (nSPS) is 15.1. The third kappa shape index (κ3) is 1.04. The predicted octanol–water partition coefficient (Wildman–Crippen LogP) is 1.33. The molecule has 0 atom stereocenters. The van der Waals surface area contributed by atoms with Crippen molar-refractivity contribution in [3.8, 4) is 0 Å². The summed E-state index contributed by atoms with van der Waals surface area (Å²) >= 11 is 0. The first-order chi connectivity index (χ1) is 4.34. The van der Waals surface area contributed by atoms with E-state index < -0.39 is 0 Å². The van der Waals surface area contributed by atoms with Crippen molar-refractivity contribution in [2.75, 3.05) is 0 Å². The molecular formula is C7H5NO. The van der Waals surface area contributed by atoms with E-state index in [1.807, 2.05) is 0 Å². The number of nitrogens with zero attached hydrogens (tertiary/aromatic N) is 1. The lowest BCUT2D eigenvalue weighted by Gasteiger charge is -1.87. The van der Waals surface area contributed by atoms with Gasteiger partial charge in [-0.1, -0.05) is 18.7 Å². The number of rotatable bonds is 1. The molecule has 0 bridgehead atoms. The van der Waals surface area contributed by atoms with Crippen molar-refractivity contribution in [3.63, 3.8) is 0 Å². The van der Waals surface area contributed by atoms with Gasteiger partial charge in [0.1, 0.15) is 0 Å². The van der Waals surface area contributed by atoms with Gasteiger partial charge in [-0.05, 0) is 11.6 Å². The predicted molar refractivity (Wildman–Crippen MR) is 34.5 cm³/mol. The number of hydrogen-bond donors (Lipinski definition) is 0. The largest absolute Gasteiger partial charge is 0.240 e. The molecule has 0 unspecified atom stereocenters. The maximum atomic E-state index is 9.70. The van der Waals surface area contributed by atoms with Gasteiger partial charge in [0, 0.05) is 0 Å². The van der Waals surface area contributed by atoms with Gasteiger partial charge in [0.15, 0.2) is 0 Å². The van der Waals surface area contributed by atoms with Crippen molar-refractivity contribution >= 4 is 6.08 Å². The van der Waals surface area contributed by atoms with Crippen molar-refractivity contribution in [3.05, 3.63) is 36.1 Å². The van der Waals surface area contributed by atoms with Crippen LogP contribution in [0.1, 0.15) is 0 Å². The van der Waals surface area contributed by atoms with E-state index in [0.717, 1.165) is 5.57 Å². The Kier molecular flexibility index (Phi) is 1.43. The summed E-state index contributed by atoms with van der Waals surface area (Å²) in [6.45, 7) is 3.63. The van der Waals surface area contributed by atoms with Crippen LogP contribution in [0.25, 0.3) is 0 Å². The van der Waals surface area contributed by atoms with Crippen LogP contribution in [0.15, 0.2) is 41.1 Å². The van der Waals surface area contributed by atoms with Crippen molar-refractivity contribution in [1.29, 1.82) is 0 Å². The van der Waals surface area contributed by atoms with Crippen molar-refractivity contribution in [2.24, 2.45) is 4.99 Å². The third-order valence-corrected chi connectivity index (χ3v) is 1.05. The highest BCUT2D eigenvalue weighted by Gasteiger charge is 1.99. The van der Waals surface area contributed by atoms with Gasteiger partial charge < -0.3 is 0 Å². The van der Waals surface area contributed by atoms with Gasteiger partial charge in [0.25, 0.3) is 0 Å². The second kappa shape index (κ2) is 2.25. The molecule has 0 aromatic rings. The summed E-state index contributed by atoms with van der Waals surface area (Å²) in [4.78, 5) is 13.1. The van der Waals surface area contributed by atoms with Crippen LogP contribution in [0.3, 0.4) is 0 Å². The smallest absolute Gasteiger partial charge is 0.211 e. The van der Waals surface area contributed by atoms with Crippen LogP contribution in [0.5, 0.6) is 0 Å². The molecule has 0 heterocycles. The standard InChI is InChI=1S/C7H5NO/c1-6-3-2-4-7(6)8-5-9/h2-4H,1H2. The first-order valence-electron chi connectivity index (χ1n) is 2.50. The molecule has 0 aliphatic heterocycles. The summed E-state index contributed by atoms with van der Waals surface area (Å²) in [6, 6.07) is 0. The molecule has 1 aliphatic rings. The average Bonchev–Trinajstić information content (AvgIpc) is 2.18. The van der Waals surface area contributed by atoms with Gasteiger partial charge in [-0.3, -0.25) is 0 Å². The Balaban J connectivity index is 2.88. The molecule has 1 rings (SSSR count). The Bertz CT molecular complexity index is 242. The fourth-order valence-corrected chi connectivity index (χ4v) is 0.606. The molecule has 44 valence electrons. The zero-order valence-electron chi connectivity index (χ0n) is 4.79. The van der Waals surface area contributed by atoms with E-state index in [0.29, 0.717) is 5.70 Å². The summed E-state index contributed by atoms with van der Waals surface area (Å²) in [5.74, 6) is 0. The monoisotopic (exact) mass is 119 g/mol. The summed E-state index contributed by atoms with van der Waals surface area (Å²) in [7, 11) is 0. The second-order valence-corrected chi connectivity index (χ2v) is 1.64. The van der Waals surface area contributed by atoms with Crippen LogP contribution >= 0.6 is 0 Å². The molecule has 2 heteroatoms. The van der Waals surface area contributed by atoms with E-state index in [4.69, 9.17) is 0 Å². The van der Waals surface area contributed by atoms with Crippen LogP contribution in [0.2, 0.25) is 0 Å². The van der Waals surface area contributed by atoms with E-state index >= 15 is 0 Å². The second-order valence-electron chi connectivity index (χ2n) is 1.64. The lowest BCUT2D eigenvalue weighted by molar-refractivity contribution is 0.565. The minimum absolute atomic E-state index is 0.602. The van der Waals surface area contributed by atoms with Crippen LogP contribution in [-0.2, 0) is 4.79 Å². The molecule has 2 nitrogen and oxygen atoms in total. The number of hydrogen-bond acceptors (Lipinski definition) is 2. The minimum atomic E-state index is 0.602. The van der Waals surface area contributed by atoms with Gasteiger partial charge in [-0.15, -0.1) is 0 Å². The number of isocyanates is 1. The SMILES string of the molecule is C=C1C=CC=C1N=C=O. The van der Waals surface area contributed by atoms with Crippen LogP contribution < -0.4 is 0 Å². The molecular weight excluding hydrogens is 114 g/mol. The minimum Gasteiger partial charge on any atom is -0.211 e. The highest BCUT2D eigenvalue weighted by molar-refractivity contribution is 5.51. The Morgan fingerprint density at radius 3 is 2.89 bits per heavy atom. The quantitative estimate of drug-likeness (QED) is 0.378. The molecule has 0 saturated heterocycles. The molecule has 9 heavy (non-hydrogen) atoms. The fraction of sp³-hybridized carbons (Fsp3) is 0. The summed E-state index contributed by atoms with van der Waals surface area (Å²) < 4.78 is 0. The molecule has 0 fully saturated rings. The maximum Gasteiger partial charge on any atom is 0.240 e. The van der Waals surface area contributed by atoms with Crippen LogP contribution in [0, 0.1) is 0 Å². The van der Waals surface area contributed by atoms with Gasteiger partial charge in [-0.2, -0.15) is 4.99 Å². The molecule has 0 radical (unpaired) electrons. The Morgan fingerprint density at radius 1 is 1.67 bits per heavy atom. The third-order valence-electron chi connectivity index (χ3n) is 1.05. The van der Waals surface area contributed by atoms with E-state index in [1.165, 1.54) is 6.08 Å². The van der Waals surface area contributed by atoms with Gasteiger partial charge in [0.2, 0.25) is 6.08 Å². The maximum absolute atomic E-state index is 9.70. The topological polar surface area (TPSA) is 29.4 Å². The van der Waals surface area contributed by atoms with E-state index in [2.05, 4.69) is 11.6 Å². The molecule has 1 aliphatic carbocycles. The number of allylic oxidation sites excluding steroid dienone is 3. The Labute approximate surface area is 52.9 Å². The first-order valence-corrected chi connectivity index (χ1v) is 2.50. The molecule has 0 saturated carbocycles. The Hall–Kier alpha value is -1.40. The zero-order chi connectivity index (χ0) is 6.69. The van der Waals surface area contributed by atoms with E-state index in [9.17, 15) is 4.79 Å². The molecule has 0 aromatic heterocycles. The lowest BCUT2D eigenvalue weighted by atomic mass is 10.3. The number of carbonyl (C=O) groups excluding carboxylic acids is 1. The summed E-state index contributed by atoms with van der Waals surface area (Å²) in [5, 5.41) is 0. The molecule has 0 N–H and O–H groups in total. The van der Waals surface area contributed by atoms with Crippen molar-refractivity contribution in [2.45, 2.75) is 0 Å². The van der Waals surface area contributed by atoms with Gasteiger partial charge >= 0.3 is 0 Å². The van der Waals surface area contributed by atoms with Crippen molar-refractivity contribution in [1.82, 2.24) is 0 Å². The van der Waals surface area contributed by atoms with Crippen LogP contribution in [-0.4, -0.2) is 6.08 Å². The van der Waals surface area contributed by atoms with Crippen LogP contribution in [0.4, 0.5) is 0 Å². The molecule has 0 spiro atoms. The summed E-state index contributed by atoms with van der Waals surface area (Å²) in [6.07, 6.45) is 6.74. The Morgan fingerprint density at radius 2 is 2.44 bits per heavy atom. The molecule has 0 amide bonds. The first kappa shape index (κ1) is 5.73. The summed E-state index contributed by atoms with van der Waals surface area (Å²) in [5.41, 5.74) is 1.36. The van der Waals surface area contributed by atoms with Gasteiger partial charge in [0.05, 0.1) is 5.70 Å². The lowest BCUT2D eigenvalue weighted by Crippen LogP contribution is -1.72. The molecule has 0 aromatic carbocycles. The van der Waals surface area contributed by atoms with E-state index in [-0.39, 0.29) is 0 Å². The van der Waals surface area contributed by atoms with Gasteiger partial charge in [-0.25, -0.2) is 4.79 Å². The average molecular weight is 119 g/mol. The zero-order valence-corrected chi connectivity index (χ0v) is 4.79.